The second kappa shape index (κ2) is 4.18. The molecule has 2 rings (SSSR count). The normalized spacial score (nSPS) is 29.1. The van der Waals surface area contributed by atoms with Gasteiger partial charge in [-0.1, -0.05) is 0 Å². The first-order valence-corrected chi connectivity index (χ1v) is 5.36. The van der Waals surface area contributed by atoms with Crippen LogP contribution in [0.3, 0.4) is 0 Å². The van der Waals surface area contributed by atoms with E-state index in [1.807, 2.05) is 0 Å². The van der Waals surface area contributed by atoms with E-state index in [0.717, 1.165) is 12.8 Å². The summed E-state index contributed by atoms with van der Waals surface area (Å²) in [7, 11) is 0. The Labute approximate surface area is 88.8 Å². The van der Waals surface area contributed by atoms with E-state index in [1.54, 1.807) is 11.8 Å². The van der Waals surface area contributed by atoms with Gasteiger partial charge in [0.1, 0.15) is 6.04 Å². The van der Waals surface area contributed by atoms with E-state index in [9.17, 15) is 9.59 Å². The molecule has 1 N–H and O–H groups in total. The largest absolute Gasteiger partial charge is 0.381 e. The molecule has 2 amide bonds. The highest BCUT2D eigenvalue weighted by Gasteiger charge is 2.34. The fourth-order valence-corrected chi connectivity index (χ4v) is 2.14. The Balaban J connectivity index is 2.05. The van der Waals surface area contributed by atoms with Gasteiger partial charge in [-0.2, -0.15) is 0 Å². The van der Waals surface area contributed by atoms with Crippen molar-refractivity contribution in [1.82, 2.24) is 10.2 Å². The number of ether oxygens (including phenoxy) is 1. The molecule has 2 aliphatic rings. The molecule has 1 atom stereocenters. The third-order valence-corrected chi connectivity index (χ3v) is 2.98. The molecule has 0 aromatic heterocycles. The number of rotatable bonds is 1. The molecule has 2 heterocycles. The molecule has 0 spiro atoms. The van der Waals surface area contributed by atoms with Gasteiger partial charge in [0.15, 0.2) is 0 Å². The number of nitrogens with zero attached hydrogens (tertiary/aromatic N) is 1. The van der Waals surface area contributed by atoms with Crippen LogP contribution in [-0.2, 0) is 14.3 Å². The van der Waals surface area contributed by atoms with Gasteiger partial charge in [0.2, 0.25) is 11.8 Å². The number of carbonyl (C=O) groups is 2. The molecule has 0 aromatic rings. The molecule has 0 aromatic carbocycles. The number of carbonyl (C=O) groups excluding carboxylic acids is 2. The van der Waals surface area contributed by atoms with E-state index in [4.69, 9.17) is 4.74 Å². The van der Waals surface area contributed by atoms with Crippen molar-refractivity contribution >= 4 is 11.8 Å². The van der Waals surface area contributed by atoms with Crippen LogP contribution in [0, 0.1) is 0 Å². The number of nitrogens with one attached hydrogen (secondary N) is 1. The second-order valence-corrected chi connectivity index (χ2v) is 4.10. The van der Waals surface area contributed by atoms with Crippen molar-refractivity contribution in [3.05, 3.63) is 0 Å². The minimum Gasteiger partial charge on any atom is -0.381 e. The maximum absolute atomic E-state index is 11.8. The summed E-state index contributed by atoms with van der Waals surface area (Å²) in [4.78, 5) is 24.9. The van der Waals surface area contributed by atoms with Gasteiger partial charge in [-0.05, 0) is 19.8 Å². The molecule has 2 fully saturated rings. The van der Waals surface area contributed by atoms with Gasteiger partial charge in [0.05, 0.1) is 6.54 Å². The van der Waals surface area contributed by atoms with E-state index < -0.39 is 0 Å². The predicted molar refractivity (Wildman–Crippen MR) is 53.2 cm³/mol. The highest BCUT2D eigenvalue weighted by atomic mass is 16.5. The van der Waals surface area contributed by atoms with Crippen LogP contribution >= 0.6 is 0 Å². The van der Waals surface area contributed by atoms with Gasteiger partial charge >= 0.3 is 0 Å². The van der Waals surface area contributed by atoms with Gasteiger partial charge in [0, 0.05) is 19.3 Å². The van der Waals surface area contributed by atoms with Gasteiger partial charge in [-0.25, -0.2) is 0 Å². The minimum absolute atomic E-state index is 0.0292. The van der Waals surface area contributed by atoms with Gasteiger partial charge in [-0.3, -0.25) is 9.59 Å². The summed E-state index contributed by atoms with van der Waals surface area (Å²) in [5.74, 6) is -0.0323. The Morgan fingerprint density at radius 1 is 1.33 bits per heavy atom. The van der Waals surface area contributed by atoms with E-state index in [0.29, 0.717) is 13.2 Å². The Hall–Kier alpha value is -1.10. The monoisotopic (exact) mass is 212 g/mol. The molecule has 0 bridgehead atoms. The first kappa shape index (κ1) is 10.4. The molecule has 15 heavy (non-hydrogen) atoms. The molecule has 0 aliphatic carbocycles. The molecular formula is C10H16N2O3. The Morgan fingerprint density at radius 3 is 2.67 bits per heavy atom. The average Bonchev–Trinajstić information content (AvgIpc) is 2.24. The zero-order valence-electron chi connectivity index (χ0n) is 8.86. The molecule has 5 nitrogen and oxygen atoms in total. The van der Waals surface area contributed by atoms with Crippen LogP contribution in [-0.4, -0.2) is 48.6 Å². The van der Waals surface area contributed by atoms with E-state index >= 15 is 0 Å². The summed E-state index contributed by atoms with van der Waals surface area (Å²) in [5, 5.41) is 2.64. The summed E-state index contributed by atoms with van der Waals surface area (Å²) in [6, 6.07) is -0.200. The van der Waals surface area contributed by atoms with Crippen LogP contribution in [0.4, 0.5) is 0 Å². The van der Waals surface area contributed by atoms with Crippen molar-refractivity contribution in [2.75, 3.05) is 19.8 Å². The zero-order valence-corrected chi connectivity index (χ0v) is 8.86. The van der Waals surface area contributed by atoms with Crippen molar-refractivity contribution in [1.29, 1.82) is 0 Å². The number of piperazine rings is 1. The number of hydrogen-bond acceptors (Lipinski definition) is 3. The Kier molecular flexibility index (Phi) is 2.90. The lowest BCUT2D eigenvalue weighted by molar-refractivity contribution is -0.147. The van der Waals surface area contributed by atoms with E-state index in [1.165, 1.54) is 0 Å². The maximum atomic E-state index is 11.8. The predicted octanol–water partition coefficient (Wildman–Crippen LogP) is -0.488. The highest BCUT2D eigenvalue weighted by Crippen LogP contribution is 2.17. The fraction of sp³-hybridized carbons (Fsp3) is 0.800. The summed E-state index contributed by atoms with van der Waals surface area (Å²) in [6.45, 7) is 3.30. The third kappa shape index (κ3) is 2.12. The van der Waals surface area contributed by atoms with E-state index in [2.05, 4.69) is 5.32 Å². The minimum atomic E-state index is -0.380. The highest BCUT2D eigenvalue weighted by molar-refractivity contribution is 5.94. The maximum Gasteiger partial charge on any atom is 0.245 e. The van der Waals surface area contributed by atoms with Gasteiger partial charge < -0.3 is 15.0 Å². The van der Waals surface area contributed by atoms with Crippen molar-refractivity contribution in [3.8, 4) is 0 Å². The quantitative estimate of drug-likeness (QED) is 0.638. The lowest BCUT2D eigenvalue weighted by atomic mass is 10.0. The molecule has 0 radical (unpaired) electrons. The van der Waals surface area contributed by atoms with Crippen molar-refractivity contribution in [2.24, 2.45) is 0 Å². The first-order chi connectivity index (χ1) is 7.18. The molecule has 2 saturated heterocycles. The van der Waals surface area contributed by atoms with E-state index in [-0.39, 0.29) is 30.4 Å². The summed E-state index contributed by atoms with van der Waals surface area (Å²) in [5.41, 5.74) is 0. The third-order valence-electron chi connectivity index (χ3n) is 2.98. The lowest BCUT2D eigenvalue weighted by Gasteiger charge is -2.38. The second-order valence-electron chi connectivity index (χ2n) is 4.10. The first-order valence-electron chi connectivity index (χ1n) is 5.36. The number of hydrogen-bond donors (Lipinski definition) is 1. The van der Waals surface area contributed by atoms with Crippen LogP contribution in [0.25, 0.3) is 0 Å². The zero-order chi connectivity index (χ0) is 10.8. The van der Waals surface area contributed by atoms with Crippen LogP contribution in [0.1, 0.15) is 19.8 Å². The summed E-state index contributed by atoms with van der Waals surface area (Å²) in [6.07, 6.45) is 1.68. The Morgan fingerprint density at radius 2 is 2.00 bits per heavy atom. The van der Waals surface area contributed by atoms with Crippen molar-refractivity contribution < 1.29 is 14.3 Å². The summed E-state index contributed by atoms with van der Waals surface area (Å²) >= 11 is 0. The number of amides is 2. The SMILES string of the molecule is CC1NC(=O)CN(C2CCOCC2)C1=O. The van der Waals surface area contributed by atoms with Crippen molar-refractivity contribution in [3.63, 3.8) is 0 Å². The van der Waals surface area contributed by atoms with Crippen molar-refractivity contribution in [2.45, 2.75) is 31.8 Å². The standard InChI is InChI=1S/C10H16N2O3/c1-7-10(14)12(6-9(13)11-7)8-2-4-15-5-3-8/h7-8H,2-6H2,1H3,(H,11,13). The van der Waals surface area contributed by atoms with Crippen LogP contribution < -0.4 is 5.32 Å². The molecule has 84 valence electrons. The van der Waals surface area contributed by atoms with Crippen LogP contribution in [0.5, 0.6) is 0 Å². The van der Waals surface area contributed by atoms with Crippen LogP contribution in [0.15, 0.2) is 0 Å². The smallest absolute Gasteiger partial charge is 0.245 e. The van der Waals surface area contributed by atoms with Gasteiger partial charge in [-0.15, -0.1) is 0 Å². The topological polar surface area (TPSA) is 58.6 Å². The average molecular weight is 212 g/mol. The van der Waals surface area contributed by atoms with Crippen LogP contribution in [0.2, 0.25) is 0 Å². The molecule has 1 unspecified atom stereocenters. The molecule has 5 heteroatoms. The Bertz CT molecular complexity index is 274. The fourth-order valence-electron chi connectivity index (χ4n) is 2.14. The molecule has 2 aliphatic heterocycles. The molecular weight excluding hydrogens is 196 g/mol. The lowest BCUT2D eigenvalue weighted by Crippen LogP contribution is -2.60. The van der Waals surface area contributed by atoms with Gasteiger partial charge in [0.25, 0.3) is 0 Å². The molecule has 0 saturated carbocycles. The summed E-state index contributed by atoms with van der Waals surface area (Å²) < 4.78 is 5.24.